The normalized spacial score (nSPS) is 15.3. The van der Waals surface area contributed by atoms with Crippen LogP contribution in [0.3, 0.4) is 0 Å². The SMILES string of the molecule is CCC(C)C(NC(=O)C(CS)NC(=O)C(Cc1ccccc1)NC(=O)C(N)CCSC)C(=O)O. The molecule has 6 N–H and O–H groups in total. The third-order valence-corrected chi connectivity index (χ3v) is 6.49. The first kappa shape index (κ1) is 29.8. The summed E-state index contributed by atoms with van der Waals surface area (Å²) in [5, 5.41) is 17.2. The average molecular weight is 513 g/mol. The summed E-state index contributed by atoms with van der Waals surface area (Å²) in [5.41, 5.74) is 6.77. The van der Waals surface area contributed by atoms with Gasteiger partial charge in [-0.05, 0) is 29.9 Å². The Morgan fingerprint density at radius 2 is 1.62 bits per heavy atom. The minimum absolute atomic E-state index is 0.0519. The van der Waals surface area contributed by atoms with E-state index in [-0.39, 0.29) is 18.1 Å². The zero-order valence-corrected chi connectivity index (χ0v) is 21.5. The first-order chi connectivity index (χ1) is 16.1. The van der Waals surface area contributed by atoms with Crippen molar-refractivity contribution in [2.24, 2.45) is 11.7 Å². The number of rotatable bonds is 15. The van der Waals surface area contributed by atoms with Gasteiger partial charge in [0.15, 0.2) is 0 Å². The molecule has 0 bridgehead atoms. The van der Waals surface area contributed by atoms with E-state index in [1.165, 1.54) is 0 Å². The molecular weight excluding hydrogens is 476 g/mol. The van der Waals surface area contributed by atoms with Crippen molar-refractivity contribution >= 4 is 48.1 Å². The van der Waals surface area contributed by atoms with Gasteiger partial charge in [0.2, 0.25) is 17.7 Å². The lowest BCUT2D eigenvalue weighted by Gasteiger charge is -2.26. The molecule has 0 fully saturated rings. The van der Waals surface area contributed by atoms with Crippen molar-refractivity contribution in [3.05, 3.63) is 35.9 Å². The number of carbonyl (C=O) groups excluding carboxylic acids is 3. The molecule has 190 valence electrons. The van der Waals surface area contributed by atoms with Crippen molar-refractivity contribution < 1.29 is 24.3 Å². The van der Waals surface area contributed by atoms with Crippen LogP contribution in [0.25, 0.3) is 0 Å². The predicted molar refractivity (Wildman–Crippen MR) is 138 cm³/mol. The van der Waals surface area contributed by atoms with Gasteiger partial charge in [0.25, 0.3) is 0 Å². The van der Waals surface area contributed by atoms with Crippen molar-refractivity contribution in [2.75, 3.05) is 17.8 Å². The van der Waals surface area contributed by atoms with Gasteiger partial charge >= 0.3 is 5.97 Å². The van der Waals surface area contributed by atoms with E-state index in [0.717, 1.165) is 5.56 Å². The molecule has 0 saturated carbocycles. The van der Waals surface area contributed by atoms with Crippen LogP contribution < -0.4 is 21.7 Å². The van der Waals surface area contributed by atoms with Crippen LogP contribution in [0.2, 0.25) is 0 Å². The monoisotopic (exact) mass is 512 g/mol. The van der Waals surface area contributed by atoms with Crippen molar-refractivity contribution in [3.63, 3.8) is 0 Å². The van der Waals surface area contributed by atoms with Crippen LogP contribution in [-0.4, -0.2) is 70.7 Å². The molecule has 0 heterocycles. The predicted octanol–water partition coefficient (Wildman–Crippen LogP) is 0.824. The highest BCUT2D eigenvalue weighted by Gasteiger charge is 2.31. The maximum absolute atomic E-state index is 13.1. The molecule has 0 aliphatic carbocycles. The Balaban J connectivity index is 2.97. The summed E-state index contributed by atoms with van der Waals surface area (Å²) in [6.45, 7) is 3.55. The lowest BCUT2D eigenvalue weighted by Crippen LogP contribution is -2.58. The fraction of sp³-hybridized carbons (Fsp3) is 0.565. The molecule has 0 radical (unpaired) electrons. The van der Waals surface area contributed by atoms with E-state index in [1.807, 2.05) is 43.5 Å². The standard InChI is InChI=1S/C23H36N4O5S2/c1-4-14(2)19(23(31)32)27-22(30)18(13-33)26-21(29)17(12-15-8-6-5-7-9-15)25-20(28)16(24)10-11-34-3/h5-9,14,16-19,33H,4,10-13,24H2,1-3H3,(H,25,28)(H,26,29)(H,27,30)(H,31,32). The van der Waals surface area contributed by atoms with Crippen LogP contribution in [0, 0.1) is 5.92 Å². The molecule has 5 atom stereocenters. The highest BCUT2D eigenvalue weighted by Crippen LogP contribution is 2.09. The van der Waals surface area contributed by atoms with E-state index in [2.05, 4.69) is 28.6 Å². The second-order valence-corrected chi connectivity index (χ2v) is 9.44. The largest absolute Gasteiger partial charge is 0.480 e. The minimum atomic E-state index is -1.15. The van der Waals surface area contributed by atoms with E-state index < -0.39 is 47.9 Å². The van der Waals surface area contributed by atoms with Crippen LogP contribution in [0.1, 0.15) is 32.3 Å². The average Bonchev–Trinajstić information content (AvgIpc) is 2.83. The smallest absolute Gasteiger partial charge is 0.326 e. The molecule has 0 spiro atoms. The molecule has 1 aromatic carbocycles. The number of nitrogens with one attached hydrogen (secondary N) is 3. The second kappa shape index (κ2) is 15.6. The molecular formula is C23H36N4O5S2. The number of aliphatic carboxylic acids is 1. The summed E-state index contributed by atoms with van der Waals surface area (Å²) in [4.78, 5) is 50.0. The number of carbonyl (C=O) groups is 4. The molecule has 1 rings (SSSR count). The number of benzene rings is 1. The first-order valence-corrected chi connectivity index (χ1v) is 13.2. The van der Waals surface area contributed by atoms with Crippen LogP contribution >= 0.6 is 24.4 Å². The van der Waals surface area contributed by atoms with Crippen molar-refractivity contribution in [1.82, 2.24) is 16.0 Å². The number of thioether (sulfide) groups is 1. The Kier molecular flexibility index (Phi) is 13.7. The van der Waals surface area contributed by atoms with Gasteiger partial charge in [0.1, 0.15) is 18.1 Å². The minimum Gasteiger partial charge on any atom is -0.480 e. The van der Waals surface area contributed by atoms with Gasteiger partial charge in [-0.1, -0.05) is 50.6 Å². The van der Waals surface area contributed by atoms with Crippen LogP contribution in [0.4, 0.5) is 0 Å². The third-order valence-electron chi connectivity index (χ3n) is 5.48. The van der Waals surface area contributed by atoms with Gasteiger partial charge in [0, 0.05) is 12.2 Å². The van der Waals surface area contributed by atoms with Crippen molar-refractivity contribution in [2.45, 2.75) is 57.3 Å². The number of carboxylic acids is 1. The Hall–Kier alpha value is -2.24. The van der Waals surface area contributed by atoms with Crippen LogP contribution in [0.15, 0.2) is 30.3 Å². The van der Waals surface area contributed by atoms with Gasteiger partial charge in [0.05, 0.1) is 6.04 Å². The van der Waals surface area contributed by atoms with E-state index in [1.54, 1.807) is 18.7 Å². The molecule has 34 heavy (non-hydrogen) atoms. The summed E-state index contributed by atoms with van der Waals surface area (Å²) < 4.78 is 0. The van der Waals surface area contributed by atoms with Crippen LogP contribution in [-0.2, 0) is 25.6 Å². The highest BCUT2D eigenvalue weighted by molar-refractivity contribution is 7.98. The van der Waals surface area contributed by atoms with E-state index >= 15 is 0 Å². The zero-order valence-electron chi connectivity index (χ0n) is 19.8. The molecule has 1 aromatic rings. The number of nitrogens with two attached hydrogens (primary N) is 1. The zero-order chi connectivity index (χ0) is 25.7. The molecule has 0 aromatic heterocycles. The molecule has 0 aliphatic rings. The second-order valence-electron chi connectivity index (χ2n) is 8.09. The molecule has 11 heteroatoms. The van der Waals surface area contributed by atoms with Gasteiger partial charge in [-0.2, -0.15) is 24.4 Å². The first-order valence-electron chi connectivity index (χ1n) is 11.2. The highest BCUT2D eigenvalue weighted by atomic mass is 32.2. The van der Waals surface area contributed by atoms with Crippen LogP contribution in [0.5, 0.6) is 0 Å². The summed E-state index contributed by atoms with van der Waals surface area (Å²) in [6, 6.07) is 5.21. The third kappa shape index (κ3) is 9.94. The maximum Gasteiger partial charge on any atom is 0.326 e. The summed E-state index contributed by atoms with van der Waals surface area (Å²) in [7, 11) is 0. The Morgan fingerprint density at radius 1 is 1.03 bits per heavy atom. The summed E-state index contributed by atoms with van der Waals surface area (Å²) in [6.07, 6.45) is 3.12. The van der Waals surface area contributed by atoms with E-state index in [9.17, 15) is 24.3 Å². The number of thiol groups is 1. The Bertz CT molecular complexity index is 812. The number of hydrogen-bond acceptors (Lipinski definition) is 7. The van der Waals surface area contributed by atoms with Gasteiger partial charge < -0.3 is 26.8 Å². The van der Waals surface area contributed by atoms with E-state index in [0.29, 0.717) is 18.6 Å². The molecule has 0 aliphatic heterocycles. The molecule has 0 saturated heterocycles. The summed E-state index contributed by atoms with van der Waals surface area (Å²) >= 11 is 5.72. The quantitative estimate of drug-likeness (QED) is 0.190. The number of carboxylic acid groups (broad SMARTS) is 1. The van der Waals surface area contributed by atoms with Crippen molar-refractivity contribution in [1.29, 1.82) is 0 Å². The van der Waals surface area contributed by atoms with Gasteiger partial charge in [-0.25, -0.2) is 4.79 Å². The van der Waals surface area contributed by atoms with E-state index in [4.69, 9.17) is 5.73 Å². The lowest BCUT2D eigenvalue weighted by atomic mass is 9.99. The number of hydrogen-bond donors (Lipinski definition) is 6. The number of amides is 3. The fourth-order valence-corrected chi connectivity index (χ4v) is 3.86. The molecule has 5 unspecified atom stereocenters. The van der Waals surface area contributed by atoms with Gasteiger partial charge in [-0.15, -0.1) is 0 Å². The lowest BCUT2D eigenvalue weighted by molar-refractivity contribution is -0.143. The molecule has 3 amide bonds. The topological polar surface area (TPSA) is 151 Å². The summed E-state index contributed by atoms with van der Waals surface area (Å²) in [5.74, 6) is -2.50. The Morgan fingerprint density at radius 3 is 2.15 bits per heavy atom. The molecule has 9 nitrogen and oxygen atoms in total. The van der Waals surface area contributed by atoms with Crippen molar-refractivity contribution in [3.8, 4) is 0 Å². The van der Waals surface area contributed by atoms with Gasteiger partial charge in [-0.3, -0.25) is 14.4 Å². The maximum atomic E-state index is 13.1. The Labute approximate surface area is 210 Å². The fourth-order valence-electron chi connectivity index (χ4n) is 3.12.